The Kier molecular flexibility index (Phi) is 4.20. The Balaban J connectivity index is 2.19. The van der Waals surface area contributed by atoms with Crippen molar-refractivity contribution < 1.29 is 0 Å². The topological polar surface area (TPSA) is 53.0 Å². The van der Waals surface area contributed by atoms with Crippen molar-refractivity contribution in [1.29, 1.82) is 5.26 Å². The molecule has 74 valence electrons. The van der Waals surface area contributed by atoms with E-state index in [-0.39, 0.29) is 0 Å². The molecular weight excluding hydrogens is 162 g/mol. The molecule has 3 heteroatoms. The quantitative estimate of drug-likeness (QED) is 0.621. The van der Waals surface area contributed by atoms with Gasteiger partial charge in [-0.15, -0.1) is 0 Å². The fourth-order valence-corrected chi connectivity index (χ4v) is 1.79. The van der Waals surface area contributed by atoms with Crippen LogP contribution in [0.25, 0.3) is 0 Å². The summed E-state index contributed by atoms with van der Waals surface area (Å²) in [7, 11) is 2.12. The molecule has 13 heavy (non-hydrogen) atoms. The second kappa shape index (κ2) is 5.21. The van der Waals surface area contributed by atoms with Gasteiger partial charge in [-0.25, -0.2) is 0 Å². The number of nitriles is 1. The number of unbranched alkanes of at least 4 members (excludes halogenated alkanes) is 1. The Morgan fingerprint density at radius 2 is 2.31 bits per heavy atom. The summed E-state index contributed by atoms with van der Waals surface area (Å²) in [6, 6.07) is 2.72. The summed E-state index contributed by atoms with van der Waals surface area (Å²) in [6.45, 7) is 1.76. The Hall–Kier alpha value is -0.590. The fraction of sp³-hybridized carbons (Fsp3) is 0.900. The van der Waals surface area contributed by atoms with Crippen LogP contribution in [0.3, 0.4) is 0 Å². The van der Waals surface area contributed by atoms with Crippen LogP contribution in [0.2, 0.25) is 0 Å². The van der Waals surface area contributed by atoms with Gasteiger partial charge in [0.15, 0.2) is 0 Å². The van der Waals surface area contributed by atoms with Crippen LogP contribution < -0.4 is 5.73 Å². The molecule has 0 aromatic carbocycles. The lowest BCUT2D eigenvalue weighted by Gasteiger charge is -2.26. The van der Waals surface area contributed by atoms with Crippen LogP contribution in [0.15, 0.2) is 0 Å². The van der Waals surface area contributed by atoms with Crippen molar-refractivity contribution in [1.82, 2.24) is 4.90 Å². The lowest BCUT2D eigenvalue weighted by Crippen LogP contribution is -2.40. The van der Waals surface area contributed by atoms with Gasteiger partial charge < -0.3 is 10.6 Å². The highest BCUT2D eigenvalue weighted by Gasteiger charge is 2.32. The molecule has 0 amide bonds. The molecule has 0 bridgehead atoms. The van der Waals surface area contributed by atoms with Crippen molar-refractivity contribution in [2.45, 2.75) is 31.7 Å². The summed E-state index contributed by atoms with van der Waals surface area (Å²) < 4.78 is 0. The van der Waals surface area contributed by atoms with E-state index in [1.165, 1.54) is 12.8 Å². The number of nitrogens with zero attached hydrogens (tertiary/aromatic N) is 2. The standard InChI is InChI=1S/C10H19N3/c1-13(7-3-2-6-11)10(8-12)9-4-5-9/h9-10H,2-5,7-8,12H2,1H3. The zero-order valence-corrected chi connectivity index (χ0v) is 8.37. The Morgan fingerprint density at radius 3 is 2.77 bits per heavy atom. The Bertz CT molecular complexity index is 181. The monoisotopic (exact) mass is 181 g/mol. The SMILES string of the molecule is CN(CCCC#N)C(CN)C1CC1. The van der Waals surface area contributed by atoms with E-state index in [0.29, 0.717) is 12.5 Å². The molecule has 0 aliphatic heterocycles. The van der Waals surface area contributed by atoms with Crippen molar-refractivity contribution in [3.8, 4) is 6.07 Å². The fourth-order valence-electron chi connectivity index (χ4n) is 1.79. The third-order valence-electron chi connectivity index (χ3n) is 2.77. The third kappa shape index (κ3) is 3.33. The number of hydrogen-bond acceptors (Lipinski definition) is 3. The minimum absolute atomic E-state index is 0.554. The molecule has 1 aliphatic carbocycles. The van der Waals surface area contributed by atoms with Gasteiger partial charge in [0.1, 0.15) is 0 Å². The molecule has 1 saturated carbocycles. The second-order valence-corrected chi connectivity index (χ2v) is 3.88. The lowest BCUT2D eigenvalue weighted by atomic mass is 10.1. The van der Waals surface area contributed by atoms with Crippen LogP contribution in [-0.4, -0.2) is 31.1 Å². The lowest BCUT2D eigenvalue weighted by molar-refractivity contribution is 0.222. The van der Waals surface area contributed by atoms with E-state index in [4.69, 9.17) is 11.0 Å². The predicted molar refractivity (Wildman–Crippen MR) is 53.0 cm³/mol. The van der Waals surface area contributed by atoms with E-state index < -0.39 is 0 Å². The van der Waals surface area contributed by atoms with Gasteiger partial charge in [-0.05, 0) is 38.8 Å². The van der Waals surface area contributed by atoms with E-state index in [9.17, 15) is 0 Å². The van der Waals surface area contributed by atoms with E-state index in [2.05, 4.69) is 18.0 Å². The van der Waals surface area contributed by atoms with Crippen LogP contribution in [0.4, 0.5) is 0 Å². The minimum Gasteiger partial charge on any atom is -0.329 e. The molecule has 0 aromatic rings. The first-order chi connectivity index (χ1) is 6.29. The maximum atomic E-state index is 8.40. The number of hydrogen-bond donors (Lipinski definition) is 1. The van der Waals surface area contributed by atoms with Gasteiger partial charge in [-0.1, -0.05) is 0 Å². The van der Waals surface area contributed by atoms with Crippen molar-refractivity contribution in [3.63, 3.8) is 0 Å². The molecular formula is C10H19N3. The molecule has 0 spiro atoms. The summed E-state index contributed by atoms with van der Waals surface area (Å²) in [6.07, 6.45) is 4.30. The first kappa shape index (κ1) is 10.5. The van der Waals surface area contributed by atoms with Crippen molar-refractivity contribution in [2.24, 2.45) is 11.7 Å². The summed E-state index contributed by atoms with van der Waals surface area (Å²) >= 11 is 0. The molecule has 2 N–H and O–H groups in total. The van der Waals surface area contributed by atoms with E-state index in [0.717, 1.165) is 25.4 Å². The number of rotatable bonds is 6. The van der Waals surface area contributed by atoms with Gasteiger partial charge in [0.25, 0.3) is 0 Å². The molecule has 1 aliphatic rings. The zero-order chi connectivity index (χ0) is 9.68. The first-order valence-electron chi connectivity index (χ1n) is 5.07. The maximum Gasteiger partial charge on any atom is 0.0622 e. The van der Waals surface area contributed by atoms with Crippen LogP contribution in [0.5, 0.6) is 0 Å². The number of likely N-dealkylation sites (N-methyl/N-ethyl adjacent to an activating group) is 1. The average Bonchev–Trinajstić information content (AvgIpc) is 2.90. The minimum atomic E-state index is 0.554. The van der Waals surface area contributed by atoms with Crippen molar-refractivity contribution >= 4 is 0 Å². The Morgan fingerprint density at radius 1 is 1.62 bits per heavy atom. The maximum absolute atomic E-state index is 8.40. The largest absolute Gasteiger partial charge is 0.329 e. The number of nitrogens with two attached hydrogens (primary N) is 1. The molecule has 0 heterocycles. The van der Waals surface area contributed by atoms with Gasteiger partial charge in [-0.2, -0.15) is 5.26 Å². The van der Waals surface area contributed by atoms with Crippen LogP contribution >= 0.6 is 0 Å². The molecule has 3 nitrogen and oxygen atoms in total. The smallest absolute Gasteiger partial charge is 0.0622 e. The summed E-state index contributed by atoms with van der Waals surface area (Å²) in [5, 5.41) is 8.40. The second-order valence-electron chi connectivity index (χ2n) is 3.88. The molecule has 0 aromatic heterocycles. The highest BCUT2D eigenvalue weighted by molar-refractivity contribution is 4.88. The molecule has 1 unspecified atom stereocenters. The highest BCUT2D eigenvalue weighted by atomic mass is 15.1. The van der Waals surface area contributed by atoms with Crippen LogP contribution in [-0.2, 0) is 0 Å². The molecule has 1 atom stereocenters. The van der Waals surface area contributed by atoms with Crippen LogP contribution in [0, 0.1) is 17.2 Å². The normalized spacial score (nSPS) is 18.6. The summed E-state index contributed by atoms with van der Waals surface area (Å²) in [5.74, 6) is 0.831. The average molecular weight is 181 g/mol. The Labute approximate surface area is 80.5 Å². The van der Waals surface area contributed by atoms with Gasteiger partial charge >= 0.3 is 0 Å². The van der Waals surface area contributed by atoms with E-state index in [1.807, 2.05) is 0 Å². The zero-order valence-electron chi connectivity index (χ0n) is 8.37. The van der Waals surface area contributed by atoms with Gasteiger partial charge in [0, 0.05) is 19.0 Å². The molecule has 1 fully saturated rings. The van der Waals surface area contributed by atoms with Crippen molar-refractivity contribution in [3.05, 3.63) is 0 Å². The predicted octanol–water partition coefficient (Wildman–Crippen LogP) is 0.959. The van der Waals surface area contributed by atoms with Gasteiger partial charge in [0.2, 0.25) is 0 Å². The molecule has 0 radical (unpaired) electrons. The van der Waals surface area contributed by atoms with E-state index >= 15 is 0 Å². The van der Waals surface area contributed by atoms with Crippen LogP contribution in [0.1, 0.15) is 25.7 Å². The first-order valence-corrected chi connectivity index (χ1v) is 5.07. The third-order valence-corrected chi connectivity index (χ3v) is 2.77. The molecule has 1 rings (SSSR count). The van der Waals surface area contributed by atoms with Gasteiger partial charge in [0.05, 0.1) is 6.07 Å². The van der Waals surface area contributed by atoms with Gasteiger partial charge in [-0.3, -0.25) is 0 Å². The summed E-state index contributed by atoms with van der Waals surface area (Å²) in [5.41, 5.74) is 5.71. The van der Waals surface area contributed by atoms with E-state index in [1.54, 1.807) is 0 Å². The summed E-state index contributed by atoms with van der Waals surface area (Å²) in [4.78, 5) is 2.31. The highest BCUT2D eigenvalue weighted by Crippen LogP contribution is 2.34. The molecule has 0 saturated heterocycles. The van der Waals surface area contributed by atoms with Crippen molar-refractivity contribution in [2.75, 3.05) is 20.1 Å².